The summed E-state index contributed by atoms with van der Waals surface area (Å²) in [6.07, 6.45) is 0. The average molecular weight is 392 g/mol. The molecular weight excluding hydrogens is 376 g/mol. The number of rotatable bonds is 6. The maximum atomic E-state index is 10.9. The molecule has 0 bridgehead atoms. The van der Waals surface area contributed by atoms with Gasteiger partial charge in [0.2, 0.25) is 5.88 Å². The molecule has 0 radical (unpaired) electrons. The molecule has 0 saturated heterocycles. The minimum atomic E-state index is -0.389. The van der Waals surface area contributed by atoms with E-state index >= 15 is 0 Å². The van der Waals surface area contributed by atoms with E-state index in [0.29, 0.717) is 17.3 Å². The van der Waals surface area contributed by atoms with Gasteiger partial charge >= 0.3 is 0 Å². The molecule has 28 heavy (non-hydrogen) atoms. The number of benzene rings is 2. The number of aromatic nitrogens is 3. The number of nitro benzene ring substituents is 1. The van der Waals surface area contributed by atoms with Gasteiger partial charge in [0.25, 0.3) is 5.69 Å². The highest BCUT2D eigenvalue weighted by atomic mass is 32.2. The van der Waals surface area contributed by atoms with Crippen LogP contribution in [0.5, 0.6) is 5.88 Å². The first kappa shape index (κ1) is 18.0. The van der Waals surface area contributed by atoms with Crippen LogP contribution in [0.2, 0.25) is 0 Å². The molecule has 2 heterocycles. The molecule has 8 heteroatoms. The van der Waals surface area contributed by atoms with Gasteiger partial charge in [-0.05, 0) is 17.7 Å². The summed E-state index contributed by atoms with van der Waals surface area (Å²) in [4.78, 5) is 15.2. The third kappa shape index (κ3) is 3.54. The van der Waals surface area contributed by atoms with E-state index in [1.54, 1.807) is 23.8 Å². The van der Waals surface area contributed by atoms with Crippen LogP contribution in [0.15, 0.2) is 71.8 Å². The van der Waals surface area contributed by atoms with Gasteiger partial charge in [-0.1, -0.05) is 54.2 Å². The van der Waals surface area contributed by atoms with Crippen molar-refractivity contribution in [3.8, 4) is 17.1 Å². The summed E-state index contributed by atoms with van der Waals surface area (Å²) in [6.45, 7) is 0. The van der Waals surface area contributed by atoms with Crippen LogP contribution in [0.3, 0.4) is 0 Å². The zero-order chi connectivity index (χ0) is 19.5. The monoisotopic (exact) mass is 392 g/mol. The predicted molar refractivity (Wildman–Crippen MR) is 108 cm³/mol. The molecule has 0 aliphatic carbocycles. The summed E-state index contributed by atoms with van der Waals surface area (Å²) in [5, 5.41) is 16.3. The van der Waals surface area contributed by atoms with Crippen LogP contribution >= 0.6 is 11.8 Å². The van der Waals surface area contributed by atoms with Gasteiger partial charge in [-0.2, -0.15) is 9.61 Å². The van der Waals surface area contributed by atoms with Gasteiger partial charge in [0.15, 0.2) is 5.65 Å². The second-order valence-electron chi connectivity index (χ2n) is 5.99. The number of thioether (sulfide) groups is 1. The second kappa shape index (κ2) is 7.69. The first-order valence-electron chi connectivity index (χ1n) is 8.51. The van der Waals surface area contributed by atoms with E-state index in [9.17, 15) is 10.1 Å². The molecular formula is C20H16N4O3S. The van der Waals surface area contributed by atoms with Crippen LogP contribution in [0, 0.1) is 10.1 Å². The third-order valence-electron chi connectivity index (χ3n) is 4.16. The van der Waals surface area contributed by atoms with Crippen molar-refractivity contribution >= 4 is 23.1 Å². The number of hydrogen-bond acceptors (Lipinski definition) is 6. The van der Waals surface area contributed by atoms with E-state index in [4.69, 9.17) is 4.74 Å². The largest absolute Gasteiger partial charge is 0.479 e. The number of imidazole rings is 1. The standard InChI is InChI=1S/C20H16N4O3S/c1-27-20-19(15-7-3-2-4-8-15)21-17-10-11-18(22-23(17)20)28-13-14-6-5-9-16(12-14)24(25)26/h2-12H,13H2,1H3. The Bertz CT molecular complexity index is 1140. The molecule has 0 spiro atoms. The number of hydrogen-bond donors (Lipinski definition) is 0. The summed E-state index contributed by atoms with van der Waals surface area (Å²) < 4.78 is 7.25. The van der Waals surface area contributed by atoms with Gasteiger partial charge in [-0.3, -0.25) is 10.1 Å². The summed E-state index contributed by atoms with van der Waals surface area (Å²) in [6, 6.07) is 20.2. The van der Waals surface area contributed by atoms with Crippen molar-refractivity contribution in [2.75, 3.05) is 7.11 Å². The fourth-order valence-electron chi connectivity index (χ4n) is 2.86. The number of non-ortho nitro benzene ring substituents is 1. The smallest absolute Gasteiger partial charge is 0.269 e. The van der Waals surface area contributed by atoms with E-state index in [1.165, 1.54) is 17.8 Å². The Labute approximate surface area is 165 Å². The highest BCUT2D eigenvalue weighted by molar-refractivity contribution is 7.98. The molecule has 4 rings (SSSR count). The number of nitro groups is 1. The van der Waals surface area contributed by atoms with Gasteiger partial charge in [0.1, 0.15) is 10.7 Å². The fraction of sp³-hybridized carbons (Fsp3) is 0.100. The van der Waals surface area contributed by atoms with Crippen LogP contribution in [-0.4, -0.2) is 26.6 Å². The van der Waals surface area contributed by atoms with Crippen LogP contribution in [0.4, 0.5) is 5.69 Å². The molecule has 2 aromatic carbocycles. The molecule has 0 N–H and O–H groups in total. The number of fused-ring (bicyclic) bond motifs is 1. The Morgan fingerprint density at radius 2 is 1.93 bits per heavy atom. The molecule has 0 fully saturated rings. The quantitative estimate of drug-likeness (QED) is 0.271. The molecule has 0 amide bonds. The first-order valence-corrected chi connectivity index (χ1v) is 9.49. The van der Waals surface area contributed by atoms with E-state index in [-0.39, 0.29) is 10.6 Å². The lowest BCUT2D eigenvalue weighted by molar-refractivity contribution is -0.384. The highest BCUT2D eigenvalue weighted by Crippen LogP contribution is 2.31. The van der Waals surface area contributed by atoms with E-state index in [2.05, 4.69) is 10.1 Å². The summed E-state index contributed by atoms with van der Waals surface area (Å²) >= 11 is 1.50. The van der Waals surface area contributed by atoms with Crippen molar-refractivity contribution in [1.29, 1.82) is 0 Å². The van der Waals surface area contributed by atoms with Crippen molar-refractivity contribution in [3.63, 3.8) is 0 Å². The van der Waals surface area contributed by atoms with Gasteiger partial charge in [-0.15, -0.1) is 0 Å². The van der Waals surface area contributed by atoms with E-state index in [0.717, 1.165) is 21.8 Å². The zero-order valence-corrected chi connectivity index (χ0v) is 15.8. The van der Waals surface area contributed by atoms with Crippen LogP contribution in [0.1, 0.15) is 5.56 Å². The Kier molecular flexibility index (Phi) is 4.94. The first-order chi connectivity index (χ1) is 13.7. The predicted octanol–water partition coefficient (Wildman–Crippen LogP) is 4.61. The molecule has 2 aromatic heterocycles. The van der Waals surface area contributed by atoms with Crippen molar-refractivity contribution in [2.24, 2.45) is 0 Å². The minimum Gasteiger partial charge on any atom is -0.479 e. The maximum absolute atomic E-state index is 10.9. The molecule has 0 aliphatic heterocycles. The minimum absolute atomic E-state index is 0.0882. The van der Waals surface area contributed by atoms with Crippen molar-refractivity contribution in [1.82, 2.24) is 14.6 Å². The van der Waals surface area contributed by atoms with Crippen molar-refractivity contribution < 1.29 is 9.66 Å². The lowest BCUT2D eigenvalue weighted by Crippen LogP contribution is -1.97. The Hall–Kier alpha value is -3.39. The number of ether oxygens (including phenoxy) is 1. The van der Waals surface area contributed by atoms with Crippen molar-refractivity contribution in [2.45, 2.75) is 10.8 Å². The molecule has 7 nitrogen and oxygen atoms in total. The molecule has 4 aromatic rings. The Balaban J connectivity index is 1.63. The third-order valence-corrected chi connectivity index (χ3v) is 5.15. The number of nitrogens with zero attached hydrogens (tertiary/aromatic N) is 4. The second-order valence-corrected chi connectivity index (χ2v) is 6.99. The normalized spacial score (nSPS) is 10.9. The van der Waals surface area contributed by atoms with Crippen LogP contribution in [0.25, 0.3) is 16.9 Å². The Morgan fingerprint density at radius 3 is 2.68 bits per heavy atom. The van der Waals surface area contributed by atoms with Crippen LogP contribution in [-0.2, 0) is 5.75 Å². The lowest BCUT2D eigenvalue weighted by Gasteiger charge is -2.05. The van der Waals surface area contributed by atoms with E-state index in [1.807, 2.05) is 48.5 Å². The SMILES string of the molecule is COc1c(-c2ccccc2)nc2ccc(SCc3cccc([N+](=O)[O-])c3)nn12. The fourth-order valence-corrected chi connectivity index (χ4v) is 3.66. The van der Waals surface area contributed by atoms with Gasteiger partial charge in [0, 0.05) is 23.4 Å². The van der Waals surface area contributed by atoms with E-state index < -0.39 is 0 Å². The molecule has 0 unspecified atom stereocenters. The van der Waals surface area contributed by atoms with Crippen LogP contribution < -0.4 is 4.74 Å². The molecule has 140 valence electrons. The molecule has 0 saturated carbocycles. The van der Waals surface area contributed by atoms with Gasteiger partial charge in [-0.25, -0.2) is 4.98 Å². The van der Waals surface area contributed by atoms with Crippen molar-refractivity contribution in [3.05, 3.63) is 82.4 Å². The highest BCUT2D eigenvalue weighted by Gasteiger charge is 2.16. The lowest BCUT2D eigenvalue weighted by atomic mass is 10.2. The maximum Gasteiger partial charge on any atom is 0.269 e. The summed E-state index contributed by atoms with van der Waals surface area (Å²) in [5.74, 6) is 1.14. The van der Waals surface area contributed by atoms with Gasteiger partial charge < -0.3 is 4.74 Å². The summed E-state index contributed by atoms with van der Waals surface area (Å²) in [5.41, 5.74) is 3.33. The Morgan fingerprint density at radius 1 is 1.11 bits per heavy atom. The zero-order valence-electron chi connectivity index (χ0n) is 15.0. The topological polar surface area (TPSA) is 82.6 Å². The molecule has 0 atom stereocenters. The van der Waals surface area contributed by atoms with Gasteiger partial charge in [0.05, 0.1) is 12.0 Å². The number of methoxy groups -OCH3 is 1. The molecule has 0 aliphatic rings. The summed E-state index contributed by atoms with van der Waals surface area (Å²) in [7, 11) is 1.60. The average Bonchev–Trinajstić information content (AvgIpc) is 3.11.